The third kappa shape index (κ3) is 4.65. The molecule has 0 aromatic carbocycles. The van der Waals surface area contributed by atoms with Gasteiger partial charge in [0, 0.05) is 44.5 Å². The lowest BCUT2D eigenvalue weighted by atomic mass is 9.93. The van der Waals surface area contributed by atoms with E-state index < -0.39 is 0 Å². The van der Waals surface area contributed by atoms with Gasteiger partial charge in [-0.15, -0.1) is 0 Å². The Morgan fingerprint density at radius 2 is 2.36 bits per heavy atom. The maximum Gasteiger partial charge on any atom is 0.194 e. The summed E-state index contributed by atoms with van der Waals surface area (Å²) >= 11 is 0. The minimum Gasteiger partial charge on any atom is -0.469 e. The summed E-state index contributed by atoms with van der Waals surface area (Å²) in [7, 11) is 0. The number of rotatable bonds is 5. The summed E-state index contributed by atoms with van der Waals surface area (Å²) in [6, 6.07) is 4.71. The number of furan rings is 1. The number of piperidine rings is 1. The molecule has 3 rings (SSSR count). The summed E-state index contributed by atoms with van der Waals surface area (Å²) in [4.78, 5) is 11.4. The molecule has 25 heavy (non-hydrogen) atoms. The van der Waals surface area contributed by atoms with E-state index in [4.69, 9.17) is 9.41 Å². The Morgan fingerprint density at radius 3 is 3.04 bits per heavy atom. The number of likely N-dealkylation sites (tertiary alicyclic amines) is 1. The Kier molecular flexibility index (Phi) is 5.79. The lowest BCUT2D eigenvalue weighted by Crippen LogP contribution is -2.50. The molecule has 0 saturated carbocycles. The number of hydrogen-bond acceptors (Lipinski definition) is 3. The highest BCUT2D eigenvalue weighted by molar-refractivity contribution is 5.80. The van der Waals surface area contributed by atoms with Gasteiger partial charge in [-0.25, -0.2) is 4.98 Å². The quantitative estimate of drug-likeness (QED) is 0.670. The van der Waals surface area contributed by atoms with Crippen molar-refractivity contribution in [1.29, 1.82) is 0 Å². The predicted molar refractivity (Wildman–Crippen MR) is 99.6 cm³/mol. The molecule has 0 radical (unpaired) electrons. The third-order valence-electron chi connectivity index (χ3n) is 4.74. The van der Waals surface area contributed by atoms with E-state index in [1.54, 1.807) is 6.26 Å². The van der Waals surface area contributed by atoms with Crippen LogP contribution in [0.4, 0.5) is 0 Å². The second-order valence-electron chi connectivity index (χ2n) is 7.12. The van der Waals surface area contributed by atoms with Gasteiger partial charge in [-0.05, 0) is 38.3 Å². The van der Waals surface area contributed by atoms with E-state index in [0.29, 0.717) is 18.0 Å². The molecule has 2 aromatic heterocycles. The van der Waals surface area contributed by atoms with E-state index in [1.807, 2.05) is 24.7 Å². The van der Waals surface area contributed by atoms with Crippen molar-refractivity contribution in [2.75, 3.05) is 19.6 Å². The Morgan fingerprint density at radius 1 is 1.48 bits per heavy atom. The lowest BCUT2D eigenvalue weighted by molar-refractivity contribution is 0.188. The van der Waals surface area contributed by atoms with Gasteiger partial charge in [0.05, 0.1) is 18.6 Å². The molecule has 1 saturated heterocycles. The van der Waals surface area contributed by atoms with Crippen LogP contribution in [0.3, 0.4) is 0 Å². The van der Waals surface area contributed by atoms with Gasteiger partial charge < -0.3 is 19.2 Å². The normalized spacial score (nSPS) is 21.8. The van der Waals surface area contributed by atoms with E-state index in [-0.39, 0.29) is 0 Å². The first-order chi connectivity index (χ1) is 12.1. The summed E-state index contributed by atoms with van der Waals surface area (Å²) < 4.78 is 7.64. The van der Waals surface area contributed by atoms with E-state index in [9.17, 15) is 0 Å². The number of nitrogens with one attached hydrogen (secondary N) is 1. The molecule has 1 N–H and O–H groups in total. The molecule has 0 amide bonds. The maximum atomic E-state index is 5.41. The summed E-state index contributed by atoms with van der Waals surface area (Å²) in [5.41, 5.74) is 0. The van der Waals surface area contributed by atoms with Crippen molar-refractivity contribution in [2.45, 2.75) is 45.7 Å². The largest absolute Gasteiger partial charge is 0.469 e. The smallest absolute Gasteiger partial charge is 0.194 e. The van der Waals surface area contributed by atoms with Crippen LogP contribution < -0.4 is 5.32 Å². The van der Waals surface area contributed by atoms with Crippen LogP contribution in [-0.4, -0.2) is 46.1 Å². The van der Waals surface area contributed by atoms with E-state index in [0.717, 1.165) is 44.2 Å². The Bertz CT molecular complexity index is 647. The van der Waals surface area contributed by atoms with Gasteiger partial charge in [0.2, 0.25) is 0 Å². The first kappa shape index (κ1) is 17.6. The highest BCUT2D eigenvalue weighted by Crippen LogP contribution is 2.27. The molecule has 2 atom stereocenters. The fraction of sp³-hybridized carbons (Fsp3) is 0.579. The van der Waals surface area contributed by atoms with Crippen molar-refractivity contribution < 1.29 is 4.42 Å². The molecule has 0 bridgehead atoms. The van der Waals surface area contributed by atoms with Crippen LogP contribution in [0.5, 0.6) is 0 Å². The number of guanidine groups is 1. The van der Waals surface area contributed by atoms with Gasteiger partial charge in [0.15, 0.2) is 5.96 Å². The number of nitrogens with zero attached hydrogens (tertiary/aromatic N) is 4. The zero-order chi connectivity index (χ0) is 17.6. The molecule has 0 spiro atoms. The molecule has 1 aliphatic rings. The average molecular weight is 343 g/mol. The zero-order valence-electron chi connectivity index (χ0n) is 15.4. The first-order valence-corrected chi connectivity index (χ1v) is 9.19. The van der Waals surface area contributed by atoms with Crippen LogP contribution in [-0.2, 0) is 6.42 Å². The van der Waals surface area contributed by atoms with Crippen molar-refractivity contribution >= 4 is 5.96 Å². The topological polar surface area (TPSA) is 58.6 Å². The summed E-state index contributed by atoms with van der Waals surface area (Å²) in [5, 5.41) is 3.53. The van der Waals surface area contributed by atoms with Gasteiger partial charge in [-0.2, -0.15) is 0 Å². The van der Waals surface area contributed by atoms with Crippen LogP contribution in [0.15, 0.2) is 46.5 Å². The van der Waals surface area contributed by atoms with Crippen LogP contribution >= 0.6 is 0 Å². The zero-order valence-corrected chi connectivity index (χ0v) is 15.4. The minimum absolute atomic E-state index is 0.355. The predicted octanol–water partition coefficient (Wildman–Crippen LogP) is 2.96. The van der Waals surface area contributed by atoms with Crippen molar-refractivity contribution in [3.8, 4) is 0 Å². The highest BCUT2D eigenvalue weighted by Gasteiger charge is 2.29. The van der Waals surface area contributed by atoms with Gasteiger partial charge in [-0.3, -0.25) is 4.99 Å². The van der Waals surface area contributed by atoms with Crippen molar-refractivity contribution in [1.82, 2.24) is 19.8 Å². The number of hydrogen-bond donors (Lipinski definition) is 1. The molecule has 136 valence electrons. The van der Waals surface area contributed by atoms with Crippen molar-refractivity contribution in [3.05, 3.63) is 42.9 Å². The number of imidazole rings is 1. The summed E-state index contributed by atoms with van der Waals surface area (Å²) in [6.07, 6.45) is 9.54. The highest BCUT2D eigenvalue weighted by atomic mass is 16.3. The Hall–Kier alpha value is -2.24. The molecule has 3 heterocycles. The van der Waals surface area contributed by atoms with Gasteiger partial charge in [0.25, 0.3) is 0 Å². The van der Waals surface area contributed by atoms with Gasteiger partial charge >= 0.3 is 0 Å². The van der Waals surface area contributed by atoms with Crippen LogP contribution in [0.1, 0.15) is 39.0 Å². The number of aromatic nitrogens is 2. The second kappa shape index (κ2) is 8.23. The van der Waals surface area contributed by atoms with Crippen LogP contribution in [0.2, 0.25) is 0 Å². The van der Waals surface area contributed by atoms with Gasteiger partial charge in [0.1, 0.15) is 5.76 Å². The third-order valence-corrected chi connectivity index (χ3v) is 4.74. The van der Waals surface area contributed by atoms with Crippen molar-refractivity contribution in [3.63, 3.8) is 0 Å². The van der Waals surface area contributed by atoms with Crippen LogP contribution in [0.25, 0.3) is 0 Å². The molecule has 6 heteroatoms. The SMILES string of the molecule is CC(C)NC(=NCCc1ccco1)N1CCC(C)C(n2ccnc2)C1. The molecule has 0 aliphatic carbocycles. The first-order valence-electron chi connectivity index (χ1n) is 9.19. The summed E-state index contributed by atoms with van der Waals surface area (Å²) in [5.74, 6) is 2.61. The standard InChI is InChI=1S/C19H29N5O/c1-15(2)22-19(21-8-6-17-5-4-12-25-17)23-10-7-16(3)18(13-23)24-11-9-20-14-24/h4-5,9,11-12,14-16,18H,6-8,10,13H2,1-3H3,(H,21,22). The molecule has 2 aromatic rings. The average Bonchev–Trinajstić information content (AvgIpc) is 3.28. The monoisotopic (exact) mass is 343 g/mol. The van der Waals surface area contributed by atoms with Crippen LogP contribution in [0, 0.1) is 5.92 Å². The Labute approximate surface area is 150 Å². The van der Waals surface area contributed by atoms with Gasteiger partial charge in [-0.1, -0.05) is 6.92 Å². The summed E-state index contributed by atoms with van der Waals surface area (Å²) in [6.45, 7) is 9.35. The molecule has 1 aliphatic heterocycles. The molecule has 6 nitrogen and oxygen atoms in total. The Balaban J connectivity index is 1.69. The fourth-order valence-corrected chi connectivity index (χ4v) is 3.32. The molecular formula is C19H29N5O. The maximum absolute atomic E-state index is 5.41. The molecular weight excluding hydrogens is 314 g/mol. The second-order valence-corrected chi connectivity index (χ2v) is 7.12. The van der Waals surface area contributed by atoms with E-state index in [1.165, 1.54) is 0 Å². The van der Waals surface area contributed by atoms with E-state index >= 15 is 0 Å². The van der Waals surface area contributed by atoms with E-state index in [2.05, 4.69) is 46.7 Å². The minimum atomic E-state index is 0.355. The molecule has 1 fully saturated rings. The van der Waals surface area contributed by atoms with Crippen molar-refractivity contribution in [2.24, 2.45) is 10.9 Å². The molecule has 2 unspecified atom stereocenters. The number of aliphatic imine (C=N–C) groups is 1. The fourth-order valence-electron chi connectivity index (χ4n) is 3.32. The lowest BCUT2D eigenvalue weighted by Gasteiger charge is -2.39.